The molecule has 2 N–H and O–H groups in total. The first-order chi connectivity index (χ1) is 7.34. The van der Waals surface area contributed by atoms with Crippen molar-refractivity contribution in [3.8, 4) is 0 Å². The lowest BCUT2D eigenvalue weighted by atomic mass is 10.1. The highest BCUT2D eigenvalue weighted by molar-refractivity contribution is 7.09. The third kappa shape index (κ3) is 3.55. The fourth-order valence-corrected chi connectivity index (χ4v) is 2.62. The van der Waals surface area contributed by atoms with Crippen molar-refractivity contribution in [2.75, 3.05) is 6.54 Å². The lowest BCUT2D eigenvalue weighted by Gasteiger charge is -2.17. The van der Waals surface area contributed by atoms with Crippen molar-refractivity contribution < 1.29 is 0 Å². The zero-order chi connectivity index (χ0) is 10.5. The first-order valence-corrected chi connectivity index (χ1v) is 6.56. The largest absolute Gasteiger partial charge is 0.314 e. The predicted octanol–water partition coefficient (Wildman–Crippen LogP) is 1.76. The highest BCUT2D eigenvalue weighted by Gasteiger charge is 2.16. The summed E-state index contributed by atoms with van der Waals surface area (Å²) in [6, 6.07) is 1.32. The van der Waals surface area contributed by atoms with Gasteiger partial charge >= 0.3 is 0 Å². The standard InChI is InChI=1S/C11H19N3S/c1-9(5-10-3-2-4-13-10)14-7-11-6-12-8-15-11/h6,8-10,13-14H,2-5,7H2,1H3. The smallest absolute Gasteiger partial charge is 0.0794 e. The van der Waals surface area contributed by atoms with Crippen molar-refractivity contribution in [2.45, 2.75) is 44.8 Å². The fraction of sp³-hybridized carbons (Fsp3) is 0.727. The van der Waals surface area contributed by atoms with E-state index in [0.29, 0.717) is 6.04 Å². The van der Waals surface area contributed by atoms with E-state index in [1.807, 2.05) is 11.7 Å². The number of thiazole rings is 1. The van der Waals surface area contributed by atoms with Crippen LogP contribution in [-0.2, 0) is 6.54 Å². The van der Waals surface area contributed by atoms with Gasteiger partial charge < -0.3 is 10.6 Å². The average molecular weight is 225 g/mol. The van der Waals surface area contributed by atoms with Gasteiger partial charge in [-0.2, -0.15) is 0 Å². The zero-order valence-electron chi connectivity index (χ0n) is 9.20. The van der Waals surface area contributed by atoms with E-state index in [9.17, 15) is 0 Å². The fourth-order valence-electron chi connectivity index (χ4n) is 2.07. The van der Waals surface area contributed by atoms with Crippen LogP contribution in [0, 0.1) is 0 Å². The SMILES string of the molecule is CC(CC1CCCN1)NCc1cncs1. The van der Waals surface area contributed by atoms with Crippen LogP contribution in [0.3, 0.4) is 0 Å². The van der Waals surface area contributed by atoms with Crippen molar-refractivity contribution in [3.63, 3.8) is 0 Å². The van der Waals surface area contributed by atoms with Crippen LogP contribution < -0.4 is 10.6 Å². The molecule has 0 aromatic carbocycles. The van der Waals surface area contributed by atoms with Gasteiger partial charge in [0, 0.05) is 29.7 Å². The summed E-state index contributed by atoms with van der Waals surface area (Å²) in [5.74, 6) is 0. The molecule has 1 aromatic heterocycles. The van der Waals surface area contributed by atoms with Gasteiger partial charge in [0.25, 0.3) is 0 Å². The molecule has 1 aliphatic rings. The lowest BCUT2D eigenvalue weighted by molar-refractivity contribution is 0.441. The van der Waals surface area contributed by atoms with E-state index in [2.05, 4.69) is 22.5 Å². The molecule has 2 atom stereocenters. The summed E-state index contributed by atoms with van der Waals surface area (Å²) in [7, 11) is 0. The molecule has 2 unspecified atom stereocenters. The Kier molecular flexibility index (Phi) is 4.11. The molecule has 2 rings (SSSR count). The minimum Gasteiger partial charge on any atom is -0.314 e. The Labute approximate surface area is 95.3 Å². The van der Waals surface area contributed by atoms with E-state index in [4.69, 9.17) is 0 Å². The number of aromatic nitrogens is 1. The summed E-state index contributed by atoms with van der Waals surface area (Å²) < 4.78 is 0. The number of rotatable bonds is 5. The maximum atomic E-state index is 4.07. The quantitative estimate of drug-likeness (QED) is 0.802. The van der Waals surface area contributed by atoms with Gasteiger partial charge in [0.1, 0.15) is 0 Å². The molecule has 0 bridgehead atoms. The molecule has 0 amide bonds. The molecule has 1 fully saturated rings. The summed E-state index contributed by atoms with van der Waals surface area (Å²) in [6.07, 6.45) is 5.86. The molecular weight excluding hydrogens is 206 g/mol. The maximum Gasteiger partial charge on any atom is 0.0794 e. The number of nitrogens with zero attached hydrogens (tertiary/aromatic N) is 1. The molecule has 1 aromatic rings. The van der Waals surface area contributed by atoms with Gasteiger partial charge in [0.05, 0.1) is 5.51 Å². The monoisotopic (exact) mass is 225 g/mol. The van der Waals surface area contributed by atoms with Crippen molar-refractivity contribution in [1.82, 2.24) is 15.6 Å². The second kappa shape index (κ2) is 5.58. The maximum absolute atomic E-state index is 4.07. The van der Waals surface area contributed by atoms with Gasteiger partial charge in [-0.15, -0.1) is 11.3 Å². The van der Waals surface area contributed by atoms with Crippen LogP contribution in [0.4, 0.5) is 0 Å². The topological polar surface area (TPSA) is 37.0 Å². The number of hydrogen-bond acceptors (Lipinski definition) is 4. The molecule has 0 spiro atoms. The van der Waals surface area contributed by atoms with Crippen LogP contribution in [-0.4, -0.2) is 23.6 Å². The molecule has 0 aliphatic carbocycles. The van der Waals surface area contributed by atoms with E-state index >= 15 is 0 Å². The Morgan fingerprint density at radius 1 is 1.73 bits per heavy atom. The minimum absolute atomic E-state index is 0.586. The molecule has 15 heavy (non-hydrogen) atoms. The highest BCUT2D eigenvalue weighted by atomic mass is 32.1. The molecular formula is C11H19N3S. The Bertz CT molecular complexity index is 267. The molecule has 0 radical (unpaired) electrons. The van der Waals surface area contributed by atoms with Gasteiger partial charge in [-0.3, -0.25) is 4.98 Å². The van der Waals surface area contributed by atoms with E-state index in [1.165, 1.54) is 30.7 Å². The molecule has 3 nitrogen and oxygen atoms in total. The van der Waals surface area contributed by atoms with Crippen molar-refractivity contribution >= 4 is 11.3 Å². The molecule has 2 heterocycles. The van der Waals surface area contributed by atoms with Crippen LogP contribution in [0.15, 0.2) is 11.7 Å². The Morgan fingerprint density at radius 3 is 3.33 bits per heavy atom. The molecule has 1 saturated heterocycles. The van der Waals surface area contributed by atoms with Crippen molar-refractivity contribution in [2.24, 2.45) is 0 Å². The van der Waals surface area contributed by atoms with E-state index in [0.717, 1.165) is 12.6 Å². The van der Waals surface area contributed by atoms with Crippen LogP contribution >= 0.6 is 11.3 Å². The van der Waals surface area contributed by atoms with E-state index in [-0.39, 0.29) is 0 Å². The van der Waals surface area contributed by atoms with Crippen LogP contribution in [0.1, 0.15) is 31.1 Å². The summed E-state index contributed by atoms with van der Waals surface area (Å²) in [6.45, 7) is 4.42. The van der Waals surface area contributed by atoms with Gasteiger partial charge in [0.15, 0.2) is 0 Å². The van der Waals surface area contributed by atoms with Gasteiger partial charge in [-0.1, -0.05) is 0 Å². The van der Waals surface area contributed by atoms with Gasteiger partial charge in [0.2, 0.25) is 0 Å². The minimum atomic E-state index is 0.586. The molecule has 84 valence electrons. The van der Waals surface area contributed by atoms with Crippen molar-refractivity contribution in [3.05, 3.63) is 16.6 Å². The highest BCUT2D eigenvalue weighted by Crippen LogP contribution is 2.11. The van der Waals surface area contributed by atoms with E-state index < -0.39 is 0 Å². The predicted molar refractivity (Wildman–Crippen MR) is 64.1 cm³/mol. The summed E-state index contributed by atoms with van der Waals surface area (Å²) in [5.41, 5.74) is 1.89. The summed E-state index contributed by atoms with van der Waals surface area (Å²) in [5, 5.41) is 7.07. The number of nitrogens with one attached hydrogen (secondary N) is 2. The Hall–Kier alpha value is -0.450. The van der Waals surface area contributed by atoms with Crippen LogP contribution in [0.25, 0.3) is 0 Å². The van der Waals surface area contributed by atoms with Crippen molar-refractivity contribution in [1.29, 1.82) is 0 Å². The molecule has 0 saturated carbocycles. The first-order valence-electron chi connectivity index (χ1n) is 5.69. The van der Waals surface area contributed by atoms with Gasteiger partial charge in [-0.25, -0.2) is 0 Å². The van der Waals surface area contributed by atoms with E-state index in [1.54, 1.807) is 11.3 Å². The third-order valence-corrected chi connectivity index (χ3v) is 3.69. The third-order valence-electron chi connectivity index (χ3n) is 2.91. The normalized spacial score (nSPS) is 23.1. The van der Waals surface area contributed by atoms with Crippen LogP contribution in [0.5, 0.6) is 0 Å². The van der Waals surface area contributed by atoms with Crippen LogP contribution in [0.2, 0.25) is 0 Å². The second-order valence-corrected chi connectivity index (χ2v) is 5.25. The molecule has 4 heteroatoms. The second-order valence-electron chi connectivity index (χ2n) is 4.28. The first kappa shape index (κ1) is 11.0. The van der Waals surface area contributed by atoms with Gasteiger partial charge in [-0.05, 0) is 32.7 Å². The summed E-state index contributed by atoms with van der Waals surface area (Å²) in [4.78, 5) is 5.39. The average Bonchev–Trinajstić information content (AvgIpc) is 2.86. The summed E-state index contributed by atoms with van der Waals surface area (Å²) >= 11 is 1.72. The number of hydrogen-bond donors (Lipinski definition) is 2. The lowest BCUT2D eigenvalue weighted by Crippen LogP contribution is -2.33. The molecule has 1 aliphatic heterocycles. The zero-order valence-corrected chi connectivity index (χ0v) is 10.0. The Balaban J connectivity index is 1.66. The Morgan fingerprint density at radius 2 is 2.67 bits per heavy atom.